The third kappa shape index (κ3) is 3.06. The lowest BCUT2D eigenvalue weighted by Crippen LogP contribution is -2.45. The molecule has 1 atom stereocenters. The molecule has 0 aromatic carbocycles. The number of halogens is 1. The van der Waals surface area contributed by atoms with E-state index in [1.54, 1.807) is 14.1 Å². The van der Waals surface area contributed by atoms with Gasteiger partial charge < -0.3 is 0 Å². The maximum atomic E-state index is 11.8. The van der Waals surface area contributed by atoms with Crippen LogP contribution in [0.15, 0.2) is 0 Å². The molecule has 6 heteroatoms. The quantitative estimate of drug-likeness (QED) is 0.709. The molecule has 0 aromatic heterocycles. The molecule has 0 saturated carbocycles. The Morgan fingerprint density at radius 3 is 2.13 bits per heavy atom. The highest BCUT2D eigenvalue weighted by atomic mass is 35.5. The van der Waals surface area contributed by atoms with Crippen molar-refractivity contribution in [3.63, 3.8) is 0 Å². The molecule has 1 rings (SSSR count). The minimum Gasteiger partial charge on any atom is -0.195 e. The van der Waals surface area contributed by atoms with Crippen LogP contribution in [0.5, 0.6) is 0 Å². The summed E-state index contributed by atoms with van der Waals surface area (Å²) in [6.45, 7) is 3.15. The number of rotatable bonds is 3. The van der Waals surface area contributed by atoms with Gasteiger partial charge in [0.05, 0.1) is 0 Å². The molecule has 0 spiro atoms. The van der Waals surface area contributed by atoms with Gasteiger partial charge in [0.2, 0.25) is 0 Å². The maximum Gasteiger partial charge on any atom is 0.281 e. The van der Waals surface area contributed by atoms with Crippen molar-refractivity contribution in [2.45, 2.75) is 25.1 Å². The van der Waals surface area contributed by atoms with Crippen molar-refractivity contribution >= 4 is 21.8 Å². The van der Waals surface area contributed by atoms with Gasteiger partial charge in [0.1, 0.15) is 0 Å². The van der Waals surface area contributed by atoms with Gasteiger partial charge in [0.25, 0.3) is 10.2 Å². The molecule has 0 aromatic rings. The van der Waals surface area contributed by atoms with Gasteiger partial charge in [0, 0.05) is 32.6 Å². The molecular weight excluding hydrogens is 236 g/mol. The number of hydrogen-bond donors (Lipinski definition) is 0. The van der Waals surface area contributed by atoms with Crippen LogP contribution in [-0.4, -0.2) is 49.6 Å². The van der Waals surface area contributed by atoms with E-state index in [2.05, 4.69) is 0 Å². The van der Waals surface area contributed by atoms with Gasteiger partial charge in [-0.2, -0.15) is 17.0 Å². The van der Waals surface area contributed by atoms with Crippen molar-refractivity contribution in [2.24, 2.45) is 5.92 Å². The molecule has 1 heterocycles. The zero-order valence-electron chi connectivity index (χ0n) is 9.48. The molecule has 90 valence electrons. The lowest BCUT2D eigenvalue weighted by atomic mass is 9.95. The van der Waals surface area contributed by atoms with Crippen LogP contribution in [-0.2, 0) is 10.2 Å². The predicted molar refractivity (Wildman–Crippen MR) is 62.2 cm³/mol. The Bertz CT molecular complexity index is 295. The van der Waals surface area contributed by atoms with Crippen molar-refractivity contribution < 1.29 is 8.42 Å². The van der Waals surface area contributed by atoms with E-state index in [-0.39, 0.29) is 5.38 Å². The number of nitrogens with zero attached hydrogens (tertiary/aromatic N) is 2. The number of hydrogen-bond acceptors (Lipinski definition) is 2. The molecule has 0 aliphatic carbocycles. The average molecular weight is 255 g/mol. The summed E-state index contributed by atoms with van der Waals surface area (Å²) in [5.41, 5.74) is 0. The molecule has 1 unspecified atom stereocenters. The first-order valence-corrected chi connectivity index (χ1v) is 7.00. The molecule has 0 bridgehead atoms. The second-order valence-corrected chi connectivity index (χ2v) is 7.03. The lowest BCUT2D eigenvalue weighted by Gasteiger charge is -2.33. The van der Waals surface area contributed by atoms with Crippen LogP contribution in [0, 0.1) is 5.92 Å². The number of alkyl halides is 1. The summed E-state index contributed by atoms with van der Waals surface area (Å²) in [5.74, 6) is 0.445. The van der Waals surface area contributed by atoms with E-state index in [9.17, 15) is 8.42 Å². The van der Waals surface area contributed by atoms with E-state index < -0.39 is 10.2 Å². The molecule has 1 fully saturated rings. The smallest absolute Gasteiger partial charge is 0.195 e. The van der Waals surface area contributed by atoms with E-state index in [0.717, 1.165) is 12.8 Å². The molecule has 15 heavy (non-hydrogen) atoms. The van der Waals surface area contributed by atoms with E-state index in [4.69, 9.17) is 11.6 Å². The molecule has 1 saturated heterocycles. The van der Waals surface area contributed by atoms with Crippen molar-refractivity contribution in [1.82, 2.24) is 8.61 Å². The first-order chi connectivity index (χ1) is 6.85. The largest absolute Gasteiger partial charge is 0.281 e. The minimum atomic E-state index is -3.23. The van der Waals surface area contributed by atoms with Crippen molar-refractivity contribution in [3.05, 3.63) is 0 Å². The zero-order chi connectivity index (χ0) is 11.6. The SMILES string of the molecule is CC(Cl)C1CCN(S(=O)(=O)N(C)C)CC1. The molecule has 0 radical (unpaired) electrons. The minimum absolute atomic E-state index is 0.134. The average Bonchev–Trinajstić information content (AvgIpc) is 2.17. The summed E-state index contributed by atoms with van der Waals surface area (Å²) in [6, 6.07) is 0. The normalized spacial score (nSPS) is 23.3. The standard InChI is InChI=1S/C9H19ClN2O2S/c1-8(10)9-4-6-12(7-5-9)15(13,14)11(2)3/h8-9H,4-7H2,1-3H3. The second-order valence-electron chi connectivity index (χ2n) is 4.20. The monoisotopic (exact) mass is 254 g/mol. The van der Waals surface area contributed by atoms with Crippen molar-refractivity contribution in [3.8, 4) is 0 Å². The third-order valence-electron chi connectivity index (χ3n) is 2.94. The van der Waals surface area contributed by atoms with Crippen LogP contribution < -0.4 is 0 Å². The molecule has 0 amide bonds. The van der Waals surface area contributed by atoms with Crippen LogP contribution in [0.3, 0.4) is 0 Å². The Labute approximate surface area is 97.4 Å². The van der Waals surface area contributed by atoms with Crippen LogP contribution in [0.1, 0.15) is 19.8 Å². The zero-order valence-corrected chi connectivity index (χ0v) is 11.1. The fourth-order valence-electron chi connectivity index (χ4n) is 1.80. The highest BCUT2D eigenvalue weighted by molar-refractivity contribution is 7.86. The van der Waals surface area contributed by atoms with Gasteiger partial charge in [-0.1, -0.05) is 0 Å². The predicted octanol–water partition coefficient (Wildman–Crippen LogP) is 1.13. The molecule has 1 aliphatic heterocycles. The lowest BCUT2D eigenvalue weighted by molar-refractivity contribution is 0.261. The Morgan fingerprint density at radius 2 is 1.80 bits per heavy atom. The summed E-state index contributed by atoms with van der Waals surface area (Å²) in [5, 5.41) is 0.134. The Kier molecular flexibility index (Phi) is 4.40. The molecule has 4 nitrogen and oxygen atoms in total. The highest BCUT2D eigenvalue weighted by Crippen LogP contribution is 2.25. The van der Waals surface area contributed by atoms with Crippen LogP contribution in [0.4, 0.5) is 0 Å². The van der Waals surface area contributed by atoms with E-state index in [1.807, 2.05) is 6.92 Å². The Balaban J connectivity index is 2.58. The summed E-state index contributed by atoms with van der Waals surface area (Å²) in [4.78, 5) is 0. The highest BCUT2D eigenvalue weighted by Gasteiger charge is 2.30. The van der Waals surface area contributed by atoms with E-state index in [0.29, 0.717) is 19.0 Å². The summed E-state index contributed by atoms with van der Waals surface area (Å²) < 4.78 is 26.4. The molecule has 0 N–H and O–H groups in total. The van der Waals surface area contributed by atoms with Gasteiger partial charge >= 0.3 is 0 Å². The van der Waals surface area contributed by atoms with Crippen LogP contribution in [0.25, 0.3) is 0 Å². The van der Waals surface area contributed by atoms with Crippen molar-refractivity contribution in [2.75, 3.05) is 27.2 Å². The summed E-state index contributed by atoms with van der Waals surface area (Å²) >= 11 is 6.00. The van der Waals surface area contributed by atoms with E-state index >= 15 is 0 Å². The van der Waals surface area contributed by atoms with Gasteiger partial charge in [-0.25, -0.2) is 0 Å². The van der Waals surface area contributed by atoms with Gasteiger partial charge in [-0.05, 0) is 25.7 Å². The van der Waals surface area contributed by atoms with Crippen molar-refractivity contribution in [1.29, 1.82) is 0 Å². The molecule has 1 aliphatic rings. The first kappa shape index (κ1) is 13.2. The van der Waals surface area contributed by atoms with Gasteiger partial charge in [0.15, 0.2) is 0 Å². The first-order valence-electron chi connectivity index (χ1n) is 5.17. The second kappa shape index (κ2) is 4.99. The molecular formula is C9H19ClN2O2S. The third-order valence-corrected chi connectivity index (χ3v) is 5.23. The Morgan fingerprint density at radius 1 is 1.33 bits per heavy atom. The summed E-state index contributed by atoms with van der Waals surface area (Å²) in [6.07, 6.45) is 1.72. The van der Waals surface area contributed by atoms with E-state index in [1.165, 1.54) is 8.61 Å². The van der Waals surface area contributed by atoms with Gasteiger partial charge in [-0.3, -0.25) is 0 Å². The number of piperidine rings is 1. The Hall–Kier alpha value is 0.160. The van der Waals surface area contributed by atoms with Gasteiger partial charge in [-0.15, -0.1) is 11.6 Å². The van der Waals surface area contributed by atoms with Crippen LogP contribution in [0.2, 0.25) is 0 Å². The summed E-state index contributed by atoms with van der Waals surface area (Å²) in [7, 11) is -0.103. The maximum absolute atomic E-state index is 11.8. The van der Waals surface area contributed by atoms with Crippen LogP contribution >= 0.6 is 11.6 Å². The topological polar surface area (TPSA) is 40.6 Å². The fraction of sp³-hybridized carbons (Fsp3) is 1.00. The fourth-order valence-corrected chi connectivity index (χ4v) is 3.18.